The van der Waals surface area contributed by atoms with Gasteiger partial charge in [-0.15, -0.1) is 0 Å². The van der Waals surface area contributed by atoms with E-state index in [-0.39, 0.29) is 11.7 Å². The highest BCUT2D eigenvalue weighted by molar-refractivity contribution is 5.56. The molecular weight excluding hydrogens is 350 g/mol. The highest BCUT2D eigenvalue weighted by atomic mass is 16.5. The first-order chi connectivity index (χ1) is 13.4. The number of H-pyrrole nitrogens is 1. The van der Waals surface area contributed by atoms with E-state index in [4.69, 9.17) is 4.74 Å². The van der Waals surface area contributed by atoms with Crippen molar-refractivity contribution in [2.75, 3.05) is 7.05 Å². The second kappa shape index (κ2) is 8.85. The molecule has 3 rings (SSSR count). The van der Waals surface area contributed by atoms with Gasteiger partial charge in [-0.2, -0.15) is 0 Å². The Balaban J connectivity index is 1.86. The average Bonchev–Trinajstić information content (AvgIpc) is 2.68. The minimum absolute atomic E-state index is 0.187. The number of aromatic nitrogens is 2. The number of aromatic amines is 1. The molecule has 0 spiro atoms. The van der Waals surface area contributed by atoms with Crippen molar-refractivity contribution in [2.24, 2.45) is 0 Å². The van der Waals surface area contributed by atoms with Gasteiger partial charge in [0.25, 0.3) is 5.56 Å². The molecule has 0 amide bonds. The Morgan fingerprint density at radius 1 is 1.04 bits per heavy atom. The first-order valence-electron chi connectivity index (χ1n) is 9.55. The molecule has 0 aliphatic heterocycles. The topological polar surface area (TPSA) is 58.2 Å². The van der Waals surface area contributed by atoms with Crippen LogP contribution in [-0.2, 0) is 6.54 Å². The largest absolute Gasteiger partial charge is 0.484 e. The van der Waals surface area contributed by atoms with Crippen LogP contribution in [0.25, 0.3) is 11.4 Å². The lowest BCUT2D eigenvalue weighted by atomic mass is 10.1. The summed E-state index contributed by atoms with van der Waals surface area (Å²) in [4.78, 5) is 22.0. The van der Waals surface area contributed by atoms with Crippen LogP contribution in [0, 0.1) is 0 Å². The van der Waals surface area contributed by atoms with Gasteiger partial charge in [-0.25, -0.2) is 4.98 Å². The minimum atomic E-state index is -0.335. The van der Waals surface area contributed by atoms with Gasteiger partial charge in [-0.3, -0.25) is 9.69 Å². The second-order valence-electron chi connectivity index (χ2n) is 7.30. The molecule has 0 saturated carbocycles. The molecule has 1 unspecified atom stereocenters. The predicted molar refractivity (Wildman–Crippen MR) is 112 cm³/mol. The zero-order chi connectivity index (χ0) is 20.1. The van der Waals surface area contributed by atoms with Gasteiger partial charge in [-0.1, -0.05) is 36.4 Å². The molecule has 146 valence electrons. The van der Waals surface area contributed by atoms with Crippen molar-refractivity contribution in [1.29, 1.82) is 0 Å². The summed E-state index contributed by atoms with van der Waals surface area (Å²) in [5.41, 5.74) is 2.48. The predicted octanol–water partition coefficient (Wildman–Crippen LogP) is 4.42. The summed E-state index contributed by atoms with van der Waals surface area (Å²) in [6.45, 7) is 7.07. The third-order valence-electron chi connectivity index (χ3n) is 4.75. The van der Waals surface area contributed by atoms with E-state index in [9.17, 15) is 4.79 Å². The number of nitrogens with one attached hydrogen (secondary N) is 1. The molecule has 3 aromatic rings. The summed E-state index contributed by atoms with van der Waals surface area (Å²) < 4.78 is 5.93. The zero-order valence-electron chi connectivity index (χ0n) is 16.8. The van der Waals surface area contributed by atoms with Crippen molar-refractivity contribution in [3.8, 4) is 17.1 Å². The van der Waals surface area contributed by atoms with Gasteiger partial charge >= 0.3 is 0 Å². The maximum absolute atomic E-state index is 12.2. The standard InChI is InChI=1S/C23H27N3O2/c1-16(2)26(4)15-18-9-8-10-19(13-18)23-24-21(14-22(27)25-23)17(3)28-20-11-6-5-7-12-20/h5-14,16-17H,15H2,1-4H3,(H,24,25,27). The number of rotatable bonds is 7. The van der Waals surface area contributed by atoms with Crippen LogP contribution in [0.2, 0.25) is 0 Å². The van der Waals surface area contributed by atoms with Crippen LogP contribution in [0.15, 0.2) is 65.5 Å². The van der Waals surface area contributed by atoms with Crippen LogP contribution in [0.5, 0.6) is 5.75 Å². The van der Waals surface area contributed by atoms with Crippen LogP contribution < -0.4 is 10.3 Å². The Labute approximate surface area is 166 Å². The van der Waals surface area contributed by atoms with Gasteiger partial charge in [0.05, 0.1) is 5.69 Å². The summed E-state index contributed by atoms with van der Waals surface area (Å²) in [6.07, 6.45) is -0.335. The normalized spacial score (nSPS) is 12.4. The lowest BCUT2D eigenvalue weighted by Gasteiger charge is -2.21. The summed E-state index contributed by atoms with van der Waals surface area (Å²) in [6, 6.07) is 19.6. The van der Waals surface area contributed by atoms with Gasteiger partial charge in [0.1, 0.15) is 17.7 Å². The summed E-state index contributed by atoms with van der Waals surface area (Å²) in [5, 5.41) is 0. The molecular formula is C23H27N3O2. The Kier molecular flexibility index (Phi) is 6.26. The van der Waals surface area contributed by atoms with Crippen LogP contribution >= 0.6 is 0 Å². The molecule has 0 aliphatic rings. The van der Waals surface area contributed by atoms with Gasteiger partial charge in [0, 0.05) is 24.2 Å². The smallest absolute Gasteiger partial charge is 0.251 e. The number of hydrogen-bond donors (Lipinski definition) is 1. The molecule has 5 heteroatoms. The van der Waals surface area contributed by atoms with Crippen LogP contribution in [0.1, 0.15) is 38.1 Å². The van der Waals surface area contributed by atoms with Gasteiger partial charge in [0.2, 0.25) is 0 Å². The number of para-hydroxylation sites is 1. The molecule has 0 aliphatic carbocycles. The zero-order valence-corrected chi connectivity index (χ0v) is 16.8. The molecule has 0 bridgehead atoms. The number of hydrogen-bond acceptors (Lipinski definition) is 4. The third kappa shape index (κ3) is 5.08. The Morgan fingerprint density at radius 2 is 1.79 bits per heavy atom. The molecule has 0 saturated heterocycles. The monoisotopic (exact) mass is 377 g/mol. The number of benzene rings is 2. The molecule has 28 heavy (non-hydrogen) atoms. The summed E-state index contributed by atoms with van der Waals surface area (Å²) in [7, 11) is 2.10. The molecule has 0 radical (unpaired) electrons. The van der Waals surface area contributed by atoms with E-state index in [0.29, 0.717) is 17.6 Å². The number of nitrogens with zero attached hydrogens (tertiary/aromatic N) is 2. The van der Waals surface area contributed by atoms with E-state index in [1.165, 1.54) is 11.6 Å². The first-order valence-corrected chi connectivity index (χ1v) is 9.55. The van der Waals surface area contributed by atoms with Crippen molar-refractivity contribution in [3.63, 3.8) is 0 Å². The summed E-state index contributed by atoms with van der Waals surface area (Å²) in [5.74, 6) is 1.30. The maximum Gasteiger partial charge on any atom is 0.251 e. The highest BCUT2D eigenvalue weighted by Gasteiger charge is 2.13. The van der Waals surface area contributed by atoms with Crippen molar-refractivity contribution in [2.45, 2.75) is 39.5 Å². The minimum Gasteiger partial charge on any atom is -0.484 e. The van der Waals surface area contributed by atoms with E-state index in [2.05, 4.69) is 47.9 Å². The fourth-order valence-corrected chi connectivity index (χ4v) is 2.87. The molecule has 1 aromatic heterocycles. The highest BCUT2D eigenvalue weighted by Crippen LogP contribution is 2.22. The van der Waals surface area contributed by atoms with E-state index in [0.717, 1.165) is 17.9 Å². The lowest BCUT2D eigenvalue weighted by Crippen LogP contribution is -2.25. The molecule has 0 fully saturated rings. The van der Waals surface area contributed by atoms with Gasteiger partial charge in [0.15, 0.2) is 0 Å². The molecule has 1 atom stereocenters. The maximum atomic E-state index is 12.2. The molecule has 1 N–H and O–H groups in total. The van der Waals surface area contributed by atoms with Crippen molar-refractivity contribution in [3.05, 3.63) is 82.3 Å². The SMILES string of the molecule is CC(Oc1ccccc1)c1cc(=O)[nH]c(-c2cccc(CN(C)C(C)C)c2)n1. The Hall–Kier alpha value is -2.92. The quantitative estimate of drug-likeness (QED) is 0.662. The van der Waals surface area contributed by atoms with E-state index in [1.807, 2.05) is 49.4 Å². The Morgan fingerprint density at radius 3 is 2.50 bits per heavy atom. The van der Waals surface area contributed by atoms with Crippen LogP contribution in [-0.4, -0.2) is 28.0 Å². The molecule has 1 heterocycles. The van der Waals surface area contributed by atoms with Gasteiger partial charge < -0.3 is 9.72 Å². The number of ether oxygens (including phenoxy) is 1. The Bertz CT molecular complexity index is 967. The summed E-state index contributed by atoms with van der Waals surface area (Å²) >= 11 is 0. The third-order valence-corrected chi connectivity index (χ3v) is 4.75. The van der Waals surface area contributed by atoms with Crippen LogP contribution in [0.3, 0.4) is 0 Å². The lowest BCUT2D eigenvalue weighted by molar-refractivity contribution is 0.221. The van der Waals surface area contributed by atoms with Crippen molar-refractivity contribution < 1.29 is 4.74 Å². The van der Waals surface area contributed by atoms with Crippen LogP contribution in [0.4, 0.5) is 0 Å². The van der Waals surface area contributed by atoms with Gasteiger partial charge in [-0.05, 0) is 51.6 Å². The average molecular weight is 377 g/mol. The fourth-order valence-electron chi connectivity index (χ4n) is 2.87. The molecule has 2 aromatic carbocycles. The van der Waals surface area contributed by atoms with E-state index >= 15 is 0 Å². The second-order valence-corrected chi connectivity index (χ2v) is 7.30. The van der Waals surface area contributed by atoms with E-state index < -0.39 is 0 Å². The molecule has 5 nitrogen and oxygen atoms in total. The fraction of sp³-hybridized carbons (Fsp3) is 0.304. The van der Waals surface area contributed by atoms with E-state index in [1.54, 1.807) is 0 Å². The van der Waals surface area contributed by atoms with Crippen molar-refractivity contribution >= 4 is 0 Å². The van der Waals surface area contributed by atoms with Crippen molar-refractivity contribution in [1.82, 2.24) is 14.9 Å². The first kappa shape index (κ1) is 19.8.